The zero-order valence-electron chi connectivity index (χ0n) is 10.6. The summed E-state index contributed by atoms with van der Waals surface area (Å²) in [5.74, 6) is -0.628. The molecule has 5 nitrogen and oxygen atoms in total. The van der Waals surface area contributed by atoms with Gasteiger partial charge in [-0.3, -0.25) is 0 Å². The average Bonchev–Trinajstić information content (AvgIpc) is 2.90. The number of phenolic OH excluding ortho intramolecular Hbond substituents is 2. The van der Waals surface area contributed by atoms with Crippen molar-refractivity contribution < 1.29 is 24.2 Å². The topological polar surface area (TPSA) is 79.9 Å². The van der Waals surface area contributed by atoms with Crippen molar-refractivity contribution in [2.24, 2.45) is 0 Å². The van der Waals surface area contributed by atoms with E-state index in [1.807, 2.05) is 6.92 Å². The monoisotopic (exact) mass is 270 g/mol. The Morgan fingerprint density at radius 1 is 1.05 bits per heavy atom. The van der Waals surface area contributed by atoms with E-state index in [1.165, 1.54) is 6.07 Å². The van der Waals surface area contributed by atoms with Crippen LogP contribution in [0.1, 0.15) is 21.5 Å². The van der Waals surface area contributed by atoms with Crippen LogP contribution >= 0.6 is 0 Å². The van der Waals surface area contributed by atoms with Crippen LogP contribution in [0.5, 0.6) is 11.5 Å². The number of benzene rings is 2. The van der Waals surface area contributed by atoms with Crippen LogP contribution in [0.15, 0.2) is 22.6 Å². The van der Waals surface area contributed by atoms with Crippen LogP contribution in [0.4, 0.5) is 0 Å². The molecule has 1 aromatic heterocycles. The summed E-state index contributed by atoms with van der Waals surface area (Å²) in [5, 5.41) is 21.2. The molecule has 0 saturated carbocycles. The Balaban J connectivity index is 2.27. The molecule has 0 saturated heterocycles. The lowest BCUT2D eigenvalue weighted by atomic mass is 10.0. The molecule has 0 fully saturated rings. The van der Waals surface area contributed by atoms with Gasteiger partial charge < -0.3 is 19.4 Å². The van der Waals surface area contributed by atoms with Gasteiger partial charge in [0.25, 0.3) is 0 Å². The van der Waals surface area contributed by atoms with Crippen molar-refractivity contribution in [3.63, 3.8) is 0 Å². The van der Waals surface area contributed by atoms with Gasteiger partial charge in [-0.25, -0.2) is 4.79 Å². The minimum absolute atomic E-state index is 0.0705. The molecule has 0 radical (unpaired) electrons. The highest BCUT2D eigenvalue weighted by atomic mass is 16.5. The van der Waals surface area contributed by atoms with E-state index in [-0.39, 0.29) is 23.7 Å². The van der Waals surface area contributed by atoms with Gasteiger partial charge in [-0.1, -0.05) is 0 Å². The van der Waals surface area contributed by atoms with Crippen LogP contribution in [-0.4, -0.2) is 16.2 Å². The van der Waals surface area contributed by atoms with E-state index in [9.17, 15) is 15.0 Å². The van der Waals surface area contributed by atoms with Crippen LogP contribution in [-0.2, 0) is 11.3 Å². The Labute approximate surface area is 113 Å². The zero-order chi connectivity index (χ0) is 14.0. The second kappa shape index (κ2) is 3.45. The molecule has 0 spiro atoms. The van der Waals surface area contributed by atoms with Crippen LogP contribution in [0.25, 0.3) is 21.9 Å². The summed E-state index contributed by atoms with van der Waals surface area (Å²) in [7, 11) is 0. The number of fused-ring (bicyclic) bond motifs is 5. The fraction of sp³-hybridized carbons (Fsp3) is 0.133. The van der Waals surface area contributed by atoms with Crippen molar-refractivity contribution in [2.75, 3.05) is 0 Å². The molecule has 0 atom stereocenters. The Kier molecular flexibility index (Phi) is 1.92. The quantitative estimate of drug-likeness (QED) is 0.614. The lowest BCUT2D eigenvalue weighted by Crippen LogP contribution is -1.94. The molecule has 2 heterocycles. The first kappa shape index (κ1) is 11.2. The van der Waals surface area contributed by atoms with Gasteiger partial charge >= 0.3 is 5.97 Å². The number of aromatic hydroxyl groups is 2. The predicted octanol–water partition coefficient (Wildman–Crippen LogP) is 2.98. The van der Waals surface area contributed by atoms with Crippen molar-refractivity contribution >= 4 is 27.9 Å². The molecule has 1 aliphatic rings. The fourth-order valence-electron chi connectivity index (χ4n) is 2.82. The largest absolute Gasteiger partial charge is 0.507 e. The third-order valence-corrected chi connectivity index (χ3v) is 3.62. The number of aryl methyl sites for hydroxylation is 1. The number of rotatable bonds is 0. The summed E-state index contributed by atoms with van der Waals surface area (Å²) in [5.41, 5.74) is 2.52. The van der Waals surface area contributed by atoms with Gasteiger partial charge in [0.15, 0.2) is 0 Å². The summed E-state index contributed by atoms with van der Waals surface area (Å²) >= 11 is 0. The number of cyclic esters (lactones) is 1. The Morgan fingerprint density at radius 3 is 2.60 bits per heavy atom. The number of ether oxygens (including phenoxy) is 1. The number of phenols is 2. The van der Waals surface area contributed by atoms with Gasteiger partial charge in [0.05, 0.1) is 5.39 Å². The Morgan fingerprint density at radius 2 is 1.80 bits per heavy atom. The normalized spacial score (nSPS) is 13.9. The van der Waals surface area contributed by atoms with Gasteiger partial charge in [-0.15, -0.1) is 0 Å². The molecular formula is C15H10O5. The molecule has 100 valence electrons. The first-order valence-electron chi connectivity index (χ1n) is 6.14. The van der Waals surface area contributed by atoms with Gasteiger partial charge in [0.1, 0.15) is 34.8 Å². The summed E-state index contributed by atoms with van der Waals surface area (Å²) in [6, 6.07) is 4.82. The van der Waals surface area contributed by atoms with E-state index in [2.05, 4.69) is 0 Å². The number of carbonyl (C=O) groups excluding carboxylic acids is 1. The number of carbonyl (C=O) groups is 1. The second-order valence-corrected chi connectivity index (χ2v) is 4.96. The highest BCUT2D eigenvalue weighted by Gasteiger charge is 2.30. The SMILES string of the molecule is Cc1cc(O)c2c(c1)oc1cc(O)c3c(c12)COC3=O. The third kappa shape index (κ3) is 1.24. The fourth-order valence-corrected chi connectivity index (χ4v) is 2.82. The zero-order valence-corrected chi connectivity index (χ0v) is 10.6. The van der Waals surface area contributed by atoms with Crippen molar-refractivity contribution in [1.82, 2.24) is 0 Å². The molecule has 2 N–H and O–H groups in total. The van der Waals surface area contributed by atoms with Crippen molar-refractivity contribution in [3.05, 3.63) is 34.9 Å². The maximum atomic E-state index is 11.7. The van der Waals surface area contributed by atoms with Crippen molar-refractivity contribution in [2.45, 2.75) is 13.5 Å². The highest BCUT2D eigenvalue weighted by Crippen LogP contribution is 2.43. The van der Waals surface area contributed by atoms with Crippen molar-refractivity contribution in [1.29, 1.82) is 0 Å². The van der Waals surface area contributed by atoms with E-state index in [0.717, 1.165) is 5.56 Å². The number of esters is 1. The van der Waals surface area contributed by atoms with E-state index in [0.29, 0.717) is 27.5 Å². The van der Waals surface area contributed by atoms with Crippen LogP contribution in [0.2, 0.25) is 0 Å². The standard InChI is InChI=1S/C15H10O5/c1-6-2-8(16)14-10(3-6)20-11-4-9(17)12-7(13(11)14)5-19-15(12)18/h2-4,16-17H,5H2,1H3. The molecule has 0 bridgehead atoms. The summed E-state index contributed by atoms with van der Waals surface area (Å²) in [6.07, 6.45) is 0. The minimum atomic E-state index is -0.555. The molecule has 1 aliphatic heterocycles. The minimum Gasteiger partial charge on any atom is -0.507 e. The molecular weight excluding hydrogens is 260 g/mol. The molecule has 20 heavy (non-hydrogen) atoms. The van der Waals surface area contributed by atoms with E-state index in [1.54, 1.807) is 12.1 Å². The lowest BCUT2D eigenvalue weighted by molar-refractivity contribution is 0.0533. The van der Waals surface area contributed by atoms with Gasteiger partial charge in [-0.2, -0.15) is 0 Å². The third-order valence-electron chi connectivity index (χ3n) is 3.62. The maximum Gasteiger partial charge on any atom is 0.342 e. The highest BCUT2D eigenvalue weighted by molar-refractivity contribution is 6.14. The van der Waals surface area contributed by atoms with Crippen molar-refractivity contribution in [3.8, 4) is 11.5 Å². The summed E-state index contributed by atoms with van der Waals surface area (Å²) in [6.45, 7) is 1.92. The van der Waals surface area contributed by atoms with Gasteiger partial charge in [0, 0.05) is 17.0 Å². The van der Waals surface area contributed by atoms with Crippen LogP contribution in [0, 0.1) is 6.92 Å². The molecule has 3 aromatic rings. The van der Waals surface area contributed by atoms with Crippen LogP contribution < -0.4 is 0 Å². The Bertz CT molecular complexity index is 904. The average molecular weight is 270 g/mol. The summed E-state index contributed by atoms with van der Waals surface area (Å²) < 4.78 is 10.6. The Hall–Kier alpha value is -2.69. The van der Waals surface area contributed by atoms with Crippen LogP contribution in [0.3, 0.4) is 0 Å². The first-order valence-corrected chi connectivity index (χ1v) is 6.14. The van der Waals surface area contributed by atoms with E-state index in [4.69, 9.17) is 9.15 Å². The maximum absolute atomic E-state index is 11.7. The predicted molar refractivity (Wildman–Crippen MR) is 70.9 cm³/mol. The van der Waals surface area contributed by atoms with Gasteiger partial charge in [0.2, 0.25) is 0 Å². The second-order valence-electron chi connectivity index (χ2n) is 4.96. The van der Waals surface area contributed by atoms with Gasteiger partial charge in [-0.05, 0) is 24.6 Å². The first-order chi connectivity index (χ1) is 9.56. The smallest absolute Gasteiger partial charge is 0.342 e. The molecule has 4 rings (SSSR count). The molecule has 0 amide bonds. The van der Waals surface area contributed by atoms with E-state index < -0.39 is 5.97 Å². The van der Waals surface area contributed by atoms with E-state index >= 15 is 0 Å². The lowest BCUT2D eigenvalue weighted by Gasteiger charge is -2.01. The number of hydrogen-bond acceptors (Lipinski definition) is 5. The number of hydrogen-bond donors (Lipinski definition) is 2. The molecule has 0 aliphatic carbocycles. The number of furan rings is 1. The summed E-state index contributed by atoms with van der Waals surface area (Å²) in [4.78, 5) is 11.7. The molecule has 2 aromatic carbocycles. The molecule has 0 unspecified atom stereocenters. The molecule has 5 heteroatoms.